The van der Waals surface area contributed by atoms with Crippen LogP contribution >= 0.6 is 11.6 Å². The Morgan fingerprint density at radius 1 is 1.16 bits per heavy atom. The number of hydrogen-bond donors (Lipinski definition) is 0. The molecular weight excluding hydrogens is 282 g/mol. The highest BCUT2D eigenvalue weighted by Gasteiger charge is 2.22. The van der Waals surface area contributed by atoms with Gasteiger partial charge in [-0.25, -0.2) is 8.42 Å². The van der Waals surface area contributed by atoms with Crippen molar-refractivity contribution in [2.45, 2.75) is 16.7 Å². The van der Waals surface area contributed by atoms with Crippen LogP contribution < -0.4 is 0 Å². The summed E-state index contributed by atoms with van der Waals surface area (Å²) in [7, 11) is -3.73. The van der Waals surface area contributed by atoms with Crippen molar-refractivity contribution in [3.05, 3.63) is 58.6 Å². The van der Waals surface area contributed by atoms with Gasteiger partial charge < -0.3 is 0 Å². The zero-order valence-corrected chi connectivity index (χ0v) is 11.7. The third-order valence-electron chi connectivity index (χ3n) is 2.74. The van der Waals surface area contributed by atoms with E-state index in [0.717, 1.165) is 0 Å². The molecule has 0 N–H and O–H groups in total. The zero-order valence-electron chi connectivity index (χ0n) is 10.1. The van der Waals surface area contributed by atoms with Crippen molar-refractivity contribution >= 4 is 21.4 Å². The summed E-state index contributed by atoms with van der Waals surface area (Å²) in [5.74, 6) is 0. The van der Waals surface area contributed by atoms with Gasteiger partial charge in [-0.3, -0.25) is 0 Å². The first-order chi connectivity index (χ1) is 8.96. The minimum absolute atomic E-state index is 0.0114. The van der Waals surface area contributed by atoms with Gasteiger partial charge in [0.05, 0.1) is 15.4 Å². The molecule has 3 nitrogen and oxygen atoms in total. The number of sulfone groups is 1. The van der Waals surface area contributed by atoms with Gasteiger partial charge in [0.25, 0.3) is 0 Å². The average molecular weight is 292 g/mol. The van der Waals surface area contributed by atoms with Crippen LogP contribution in [-0.4, -0.2) is 8.42 Å². The van der Waals surface area contributed by atoms with Crippen molar-refractivity contribution in [3.63, 3.8) is 0 Å². The molecule has 0 saturated carbocycles. The normalized spacial score (nSPS) is 11.0. The Hall–Kier alpha value is -1.83. The minimum Gasteiger partial charge on any atom is -0.218 e. The number of hydrogen-bond acceptors (Lipinski definition) is 3. The maximum atomic E-state index is 12.5. The predicted octanol–water partition coefficient (Wildman–Crippen LogP) is 3.35. The molecule has 0 atom stereocenters. The Labute approximate surface area is 117 Å². The van der Waals surface area contributed by atoms with Gasteiger partial charge in [0.2, 0.25) is 9.84 Å². The van der Waals surface area contributed by atoms with E-state index in [1.54, 1.807) is 31.2 Å². The molecule has 0 spiro atoms. The van der Waals surface area contributed by atoms with E-state index < -0.39 is 9.84 Å². The van der Waals surface area contributed by atoms with E-state index in [4.69, 9.17) is 16.9 Å². The van der Waals surface area contributed by atoms with E-state index in [2.05, 4.69) is 0 Å². The fraction of sp³-hybridized carbons (Fsp3) is 0.0714. The van der Waals surface area contributed by atoms with Gasteiger partial charge in [0.1, 0.15) is 6.07 Å². The first-order valence-electron chi connectivity index (χ1n) is 5.47. The lowest BCUT2D eigenvalue weighted by molar-refractivity contribution is 0.595. The van der Waals surface area contributed by atoms with Gasteiger partial charge in [-0.1, -0.05) is 29.8 Å². The molecule has 96 valence electrons. The molecule has 0 aromatic heterocycles. The van der Waals surface area contributed by atoms with Gasteiger partial charge >= 0.3 is 0 Å². The second kappa shape index (κ2) is 5.04. The number of nitriles is 1. The monoisotopic (exact) mass is 291 g/mol. The molecule has 0 aliphatic carbocycles. The predicted molar refractivity (Wildman–Crippen MR) is 72.8 cm³/mol. The second-order valence-corrected chi connectivity index (χ2v) is 6.38. The number of aryl methyl sites for hydroxylation is 1. The van der Waals surface area contributed by atoms with Crippen LogP contribution in [0, 0.1) is 18.3 Å². The lowest BCUT2D eigenvalue weighted by Crippen LogP contribution is -2.05. The maximum absolute atomic E-state index is 12.5. The van der Waals surface area contributed by atoms with Crippen molar-refractivity contribution in [2.24, 2.45) is 0 Å². The molecule has 0 aliphatic rings. The molecule has 0 saturated heterocycles. The lowest BCUT2D eigenvalue weighted by Gasteiger charge is -2.08. The standard InChI is InChI=1S/C14H10ClNO2S/c1-10-4-2-7-14(13(10)9-16)19(17,18)12-6-3-5-11(15)8-12/h2-8H,1H3. The summed E-state index contributed by atoms with van der Waals surface area (Å²) in [6.07, 6.45) is 0. The first kappa shape index (κ1) is 13.6. The molecule has 2 rings (SSSR count). The van der Waals surface area contributed by atoms with Gasteiger partial charge in [0, 0.05) is 5.02 Å². The molecule has 0 unspecified atom stereocenters. The molecular formula is C14H10ClNO2S. The molecule has 0 aliphatic heterocycles. The fourth-order valence-electron chi connectivity index (χ4n) is 1.77. The van der Waals surface area contributed by atoms with Gasteiger partial charge in [-0.2, -0.15) is 5.26 Å². The van der Waals surface area contributed by atoms with Gasteiger partial charge in [0.15, 0.2) is 0 Å². The van der Waals surface area contributed by atoms with Crippen LogP contribution in [0.1, 0.15) is 11.1 Å². The zero-order chi connectivity index (χ0) is 14.0. The molecule has 5 heteroatoms. The minimum atomic E-state index is -3.73. The van der Waals surface area contributed by atoms with Crippen LogP contribution in [0.4, 0.5) is 0 Å². The van der Waals surface area contributed by atoms with Gasteiger partial charge in [-0.15, -0.1) is 0 Å². The van der Waals surface area contributed by atoms with Crippen LogP contribution in [0.2, 0.25) is 5.02 Å². The maximum Gasteiger partial charge on any atom is 0.207 e. The molecule has 0 amide bonds. The van der Waals surface area contributed by atoms with Crippen LogP contribution in [0.15, 0.2) is 52.3 Å². The molecule has 0 fully saturated rings. The summed E-state index contributed by atoms with van der Waals surface area (Å²) in [4.78, 5) is 0.0966. The smallest absolute Gasteiger partial charge is 0.207 e. The molecule has 2 aromatic carbocycles. The van der Waals surface area contributed by atoms with Crippen LogP contribution in [0.5, 0.6) is 0 Å². The molecule has 0 radical (unpaired) electrons. The topological polar surface area (TPSA) is 57.9 Å². The molecule has 2 aromatic rings. The van der Waals surface area contributed by atoms with Crippen molar-refractivity contribution in [3.8, 4) is 6.07 Å². The van der Waals surface area contributed by atoms with E-state index in [-0.39, 0.29) is 15.4 Å². The first-order valence-corrected chi connectivity index (χ1v) is 7.33. The van der Waals surface area contributed by atoms with Crippen LogP contribution in [0.3, 0.4) is 0 Å². The Bertz CT molecular complexity index is 776. The van der Waals surface area contributed by atoms with E-state index in [0.29, 0.717) is 10.6 Å². The van der Waals surface area contributed by atoms with Crippen LogP contribution in [-0.2, 0) is 9.84 Å². The van der Waals surface area contributed by atoms with Crippen molar-refractivity contribution < 1.29 is 8.42 Å². The van der Waals surface area contributed by atoms with Crippen molar-refractivity contribution in [1.29, 1.82) is 5.26 Å². The quantitative estimate of drug-likeness (QED) is 0.852. The molecule has 0 heterocycles. The number of halogens is 1. The number of benzene rings is 2. The summed E-state index contributed by atoms with van der Waals surface area (Å²) in [5.41, 5.74) is 0.799. The van der Waals surface area contributed by atoms with E-state index in [9.17, 15) is 8.42 Å². The van der Waals surface area contributed by atoms with E-state index >= 15 is 0 Å². The second-order valence-electron chi connectivity index (χ2n) is 4.02. The van der Waals surface area contributed by atoms with E-state index in [1.165, 1.54) is 18.2 Å². The van der Waals surface area contributed by atoms with Crippen molar-refractivity contribution in [1.82, 2.24) is 0 Å². The summed E-state index contributed by atoms with van der Waals surface area (Å²) >= 11 is 5.81. The highest BCUT2D eigenvalue weighted by Crippen LogP contribution is 2.27. The lowest BCUT2D eigenvalue weighted by atomic mass is 10.1. The highest BCUT2D eigenvalue weighted by atomic mass is 35.5. The van der Waals surface area contributed by atoms with Gasteiger partial charge in [-0.05, 0) is 36.8 Å². The average Bonchev–Trinajstić information content (AvgIpc) is 2.38. The summed E-state index contributed by atoms with van der Waals surface area (Å²) in [5, 5.41) is 9.46. The summed E-state index contributed by atoms with van der Waals surface area (Å²) < 4.78 is 25.0. The Kier molecular flexibility index (Phi) is 3.61. The van der Waals surface area contributed by atoms with Crippen LogP contribution in [0.25, 0.3) is 0 Å². The third kappa shape index (κ3) is 2.48. The Balaban J connectivity index is 2.72. The Morgan fingerprint density at radius 3 is 2.47 bits per heavy atom. The SMILES string of the molecule is Cc1cccc(S(=O)(=O)c2cccc(Cl)c2)c1C#N. The molecule has 0 bridgehead atoms. The van der Waals surface area contributed by atoms with Crippen molar-refractivity contribution in [2.75, 3.05) is 0 Å². The third-order valence-corrected chi connectivity index (χ3v) is 4.77. The summed E-state index contributed by atoms with van der Waals surface area (Å²) in [6.45, 7) is 1.70. The number of nitrogens with zero attached hydrogens (tertiary/aromatic N) is 1. The summed E-state index contributed by atoms with van der Waals surface area (Å²) in [6, 6.07) is 12.7. The van der Waals surface area contributed by atoms with E-state index in [1.807, 2.05) is 6.07 Å². The highest BCUT2D eigenvalue weighted by molar-refractivity contribution is 7.91. The Morgan fingerprint density at radius 2 is 1.84 bits per heavy atom. The fourth-order valence-corrected chi connectivity index (χ4v) is 3.55. The largest absolute Gasteiger partial charge is 0.218 e. The number of rotatable bonds is 2. The molecule has 19 heavy (non-hydrogen) atoms.